The summed E-state index contributed by atoms with van der Waals surface area (Å²) >= 11 is 0. The molecule has 0 saturated carbocycles. The van der Waals surface area contributed by atoms with Gasteiger partial charge in [0.1, 0.15) is 0 Å². The van der Waals surface area contributed by atoms with Gasteiger partial charge in [0.15, 0.2) is 6.61 Å². The van der Waals surface area contributed by atoms with Crippen LogP contribution in [0.3, 0.4) is 0 Å². The minimum absolute atomic E-state index is 0.0188. The Morgan fingerprint density at radius 3 is 2.24 bits per heavy atom. The van der Waals surface area contributed by atoms with Crippen molar-refractivity contribution < 1.29 is 22.7 Å². The van der Waals surface area contributed by atoms with Gasteiger partial charge in [-0.15, -0.1) is 0 Å². The highest BCUT2D eigenvalue weighted by molar-refractivity contribution is 7.89. The third-order valence-electron chi connectivity index (χ3n) is 5.11. The van der Waals surface area contributed by atoms with Crippen molar-refractivity contribution in [3.8, 4) is 0 Å². The van der Waals surface area contributed by atoms with Crippen LogP contribution in [0.2, 0.25) is 0 Å². The second-order valence-corrected chi connectivity index (χ2v) is 9.31. The van der Waals surface area contributed by atoms with Crippen LogP contribution in [-0.4, -0.2) is 76.4 Å². The molecule has 1 fully saturated rings. The van der Waals surface area contributed by atoms with Crippen LogP contribution in [0.4, 0.5) is 5.69 Å². The molecule has 0 aliphatic carbocycles. The van der Waals surface area contributed by atoms with Gasteiger partial charge in [0, 0.05) is 40.3 Å². The summed E-state index contributed by atoms with van der Waals surface area (Å²) in [5.74, 6) is -0.971. The molecule has 8 nitrogen and oxygen atoms in total. The Balaban J connectivity index is 2.34. The molecule has 162 valence electrons. The van der Waals surface area contributed by atoms with Crippen molar-refractivity contribution in [3.63, 3.8) is 0 Å². The van der Waals surface area contributed by atoms with Crippen LogP contribution < -0.4 is 4.90 Å². The number of benzene rings is 1. The minimum atomic E-state index is -3.70. The summed E-state index contributed by atoms with van der Waals surface area (Å²) in [5, 5.41) is 0. The van der Waals surface area contributed by atoms with Crippen LogP contribution in [0.5, 0.6) is 0 Å². The summed E-state index contributed by atoms with van der Waals surface area (Å²) in [6, 6.07) is 4.52. The topological polar surface area (TPSA) is 87.2 Å². The Morgan fingerprint density at radius 2 is 1.69 bits per heavy atom. The molecule has 9 heteroatoms. The predicted octanol–water partition coefficient (Wildman–Crippen LogP) is 1.95. The Morgan fingerprint density at radius 1 is 1.07 bits per heavy atom. The van der Waals surface area contributed by atoms with Gasteiger partial charge in [-0.25, -0.2) is 17.5 Å². The summed E-state index contributed by atoms with van der Waals surface area (Å²) in [6.45, 7) is 5.98. The number of carbonyl (C=O) groups excluding carboxylic acids is 2. The van der Waals surface area contributed by atoms with Gasteiger partial charge in [-0.3, -0.25) is 4.79 Å². The molecule has 1 saturated heterocycles. The Hall–Kier alpha value is -2.13. The van der Waals surface area contributed by atoms with Crippen LogP contribution in [0.15, 0.2) is 23.1 Å². The van der Waals surface area contributed by atoms with Gasteiger partial charge >= 0.3 is 5.97 Å². The van der Waals surface area contributed by atoms with Gasteiger partial charge in [0.25, 0.3) is 5.91 Å². The van der Waals surface area contributed by atoms with Gasteiger partial charge in [-0.05, 0) is 51.3 Å². The van der Waals surface area contributed by atoms with Crippen LogP contribution in [-0.2, 0) is 19.6 Å². The molecule has 1 aromatic rings. The third kappa shape index (κ3) is 5.48. The fourth-order valence-electron chi connectivity index (χ4n) is 3.33. The highest BCUT2D eigenvalue weighted by atomic mass is 32.2. The number of ether oxygens (including phenoxy) is 1. The maximum Gasteiger partial charge on any atom is 0.340 e. The van der Waals surface area contributed by atoms with Gasteiger partial charge < -0.3 is 14.5 Å². The van der Waals surface area contributed by atoms with Crippen molar-refractivity contribution in [2.24, 2.45) is 0 Å². The number of nitrogens with zero attached hydrogens (tertiary/aromatic N) is 3. The molecule has 0 radical (unpaired) electrons. The van der Waals surface area contributed by atoms with E-state index < -0.39 is 16.0 Å². The summed E-state index contributed by atoms with van der Waals surface area (Å²) in [6.07, 6.45) is 3.14. The lowest BCUT2D eigenvalue weighted by molar-refractivity contribution is -0.134. The first-order valence-electron chi connectivity index (χ1n) is 9.98. The van der Waals surface area contributed by atoms with Crippen LogP contribution in [0, 0.1) is 0 Å². The number of sulfonamides is 1. The number of likely N-dealkylation sites (N-methyl/N-ethyl adjacent to an activating group) is 1. The number of anilines is 1. The maximum atomic E-state index is 12.8. The molecule has 0 N–H and O–H groups in total. The first kappa shape index (κ1) is 23.2. The van der Waals surface area contributed by atoms with E-state index in [2.05, 4.69) is 4.90 Å². The summed E-state index contributed by atoms with van der Waals surface area (Å²) in [4.78, 5) is 28.7. The fourth-order valence-corrected chi connectivity index (χ4v) is 4.26. The molecule has 1 aliphatic heterocycles. The predicted molar refractivity (Wildman–Crippen MR) is 112 cm³/mol. The lowest BCUT2D eigenvalue weighted by atomic mass is 10.1. The van der Waals surface area contributed by atoms with Crippen molar-refractivity contribution >= 4 is 27.6 Å². The number of esters is 1. The third-order valence-corrected chi connectivity index (χ3v) is 6.92. The molecule has 1 heterocycles. The lowest BCUT2D eigenvalue weighted by Crippen LogP contribution is -2.35. The van der Waals surface area contributed by atoms with E-state index in [4.69, 9.17) is 4.74 Å². The van der Waals surface area contributed by atoms with Gasteiger partial charge in [-0.2, -0.15) is 0 Å². The normalized spacial score (nSPS) is 14.7. The summed E-state index contributed by atoms with van der Waals surface area (Å²) in [5.41, 5.74) is 0.810. The summed E-state index contributed by atoms with van der Waals surface area (Å²) in [7, 11) is -0.823. The van der Waals surface area contributed by atoms with E-state index in [1.54, 1.807) is 11.0 Å². The van der Waals surface area contributed by atoms with Crippen molar-refractivity contribution in [2.75, 3.05) is 51.8 Å². The minimum Gasteiger partial charge on any atom is -0.452 e. The van der Waals surface area contributed by atoms with E-state index in [0.717, 1.165) is 36.7 Å². The molecule has 0 spiro atoms. The summed E-state index contributed by atoms with van der Waals surface area (Å²) < 4.78 is 31.4. The number of piperidine rings is 1. The standard InChI is InChI=1S/C20H31N3O5S/c1-5-22(6-2)19(24)15-28-20(25)17-14-16(29(26,27)21(3)4)10-11-18(17)23-12-8-7-9-13-23/h10-11,14H,5-9,12-13,15H2,1-4H3. The van der Waals surface area contributed by atoms with Crippen molar-refractivity contribution in [2.45, 2.75) is 38.0 Å². The van der Waals surface area contributed by atoms with Gasteiger partial charge in [0.05, 0.1) is 16.1 Å². The molecular formula is C20H31N3O5S. The monoisotopic (exact) mass is 425 g/mol. The molecule has 29 heavy (non-hydrogen) atoms. The van der Waals surface area contributed by atoms with E-state index >= 15 is 0 Å². The molecule has 0 unspecified atom stereocenters. The van der Waals surface area contributed by atoms with Crippen LogP contribution >= 0.6 is 0 Å². The van der Waals surface area contributed by atoms with Crippen molar-refractivity contribution in [1.82, 2.24) is 9.21 Å². The first-order valence-corrected chi connectivity index (χ1v) is 11.4. The van der Waals surface area contributed by atoms with Crippen molar-refractivity contribution in [1.29, 1.82) is 0 Å². The molecule has 1 aromatic carbocycles. The molecule has 0 aromatic heterocycles. The van der Waals surface area contributed by atoms with E-state index in [1.807, 2.05) is 13.8 Å². The van der Waals surface area contributed by atoms with E-state index in [9.17, 15) is 18.0 Å². The van der Waals surface area contributed by atoms with Gasteiger partial charge in [0.2, 0.25) is 10.0 Å². The van der Waals surface area contributed by atoms with Crippen molar-refractivity contribution in [3.05, 3.63) is 23.8 Å². The highest BCUT2D eigenvalue weighted by Crippen LogP contribution is 2.28. The number of hydrogen-bond donors (Lipinski definition) is 0. The van der Waals surface area contributed by atoms with Gasteiger partial charge in [-0.1, -0.05) is 0 Å². The maximum absolute atomic E-state index is 12.8. The number of carbonyl (C=O) groups is 2. The largest absolute Gasteiger partial charge is 0.452 e. The quantitative estimate of drug-likeness (QED) is 0.592. The zero-order valence-corrected chi connectivity index (χ0v) is 18.5. The average molecular weight is 426 g/mol. The van der Waals surface area contributed by atoms with Crippen LogP contribution in [0.1, 0.15) is 43.5 Å². The second kappa shape index (κ2) is 10.1. The SMILES string of the molecule is CCN(CC)C(=O)COC(=O)c1cc(S(=O)(=O)N(C)C)ccc1N1CCCCC1. The zero-order valence-electron chi connectivity index (χ0n) is 17.7. The van der Waals surface area contributed by atoms with E-state index in [-0.39, 0.29) is 23.0 Å². The Bertz CT molecular complexity index is 829. The smallest absolute Gasteiger partial charge is 0.340 e. The molecular weight excluding hydrogens is 394 g/mol. The number of hydrogen-bond acceptors (Lipinski definition) is 6. The van der Waals surface area contributed by atoms with E-state index in [1.165, 1.54) is 26.2 Å². The molecule has 0 bridgehead atoms. The lowest BCUT2D eigenvalue weighted by Gasteiger charge is -2.30. The zero-order chi connectivity index (χ0) is 21.6. The molecule has 0 atom stereocenters. The molecule has 2 rings (SSSR count). The fraction of sp³-hybridized carbons (Fsp3) is 0.600. The van der Waals surface area contributed by atoms with Crippen LogP contribution in [0.25, 0.3) is 0 Å². The highest BCUT2D eigenvalue weighted by Gasteiger charge is 2.25. The first-order chi connectivity index (χ1) is 13.7. The Kier molecular flexibility index (Phi) is 8.04. The second-order valence-electron chi connectivity index (χ2n) is 7.16. The molecule has 1 amide bonds. The average Bonchev–Trinajstić information content (AvgIpc) is 2.72. The Labute approximate surface area is 173 Å². The van der Waals surface area contributed by atoms with E-state index in [0.29, 0.717) is 18.8 Å². The number of rotatable bonds is 8. The number of amides is 1. The molecule has 1 aliphatic rings.